The number of rotatable bonds is 8. The van der Waals surface area contributed by atoms with Crippen LogP contribution < -0.4 is 0 Å². The Morgan fingerprint density at radius 2 is 1.59 bits per heavy atom. The highest BCUT2D eigenvalue weighted by atomic mass is 79.9. The predicted molar refractivity (Wildman–Crippen MR) is 122 cm³/mol. The van der Waals surface area contributed by atoms with Crippen molar-refractivity contribution in [2.75, 3.05) is 0 Å². The molecule has 7 heteroatoms. The standard InChI is InChI=1S/C22H25BrFO3PS/c1-14(2)26-28(25,27-15(3)4)19(13-16-9-11-17(24)12-10-16)22-21(23)18-7-5-6-8-20(18)29-22/h5-12,14-15,19H,13H2,1-4H3/t19-/m1/s1. The van der Waals surface area contributed by atoms with Gasteiger partial charge in [-0.1, -0.05) is 30.3 Å². The van der Waals surface area contributed by atoms with Crippen molar-refractivity contribution < 1.29 is 18.0 Å². The molecule has 3 rings (SSSR count). The molecule has 3 nitrogen and oxygen atoms in total. The summed E-state index contributed by atoms with van der Waals surface area (Å²) >= 11 is 5.30. The van der Waals surface area contributed by atoms with Crippen LogP contribution in [0.25, 0.3) is 10.1 Å². The summed E-state index contributed by atoms with van der Waals surface area (Å²) in [7, 11) is -3.54. The van der Waals surface area contributed by atoms with Crippen molar-refractivity contribution in [2.24, 2.45) is 0 Å². The fraction of sp³-hybridized carbons (Fsp3) is 0.364. The second-order valence-corrected chi connectivity index (χ2v) is 11.5. The van der Waals surface area contributed by atoms with E-state index in [4.69, 9.17) is 9.05 Å². The molecule has 0 aliphatic rings. The largest absolute Gasteiger partial charge is 0.339 e. The van der Waals surface area contributed by atoms with Gasteiger partial charge in [-0.15, -0.1) is 11.3 Å². The first-order valence-corrected chi connectivity index (χ1v) is 12.8. The van der Waals surface area contributed by atoms with Crippen LogP contribution in [0.4, 0.5) is 4.39 Å². The molecule has 0 aliphatic heterocycles. The lowest BCUT2D eigenvalue weighted by atomic mass is 10.1. The third kappa shape index (κ3) is 5.36. The van der Waals surface area contributed by atoms with E-state index in [-0.39, 0.29) is 18.0 Å². The Balaban J connectivity index is 2.14. The first-order chi connectivity index (χ1) is 13.7. The molecular weight excluding hydrogens is 474 g/mol. The Morgan fingerprint density at radius 1 is 1.00 bits per heavy atom. The van der Waals surface area contributed by atoms with Crippen LogP contribution >= 0.6 is 34.9 Å². The van der Waals surface area contributed by atoms with Gasteiger partial charge >= 0.3 is 7.60 Å². The quantitative estimate of drug-likeness (QED) is 0.294. The number of halogens is 2. The van der Waals surface area contributed by atoms with E-state index in [2.05, 4.69) is 15.9 Å². The predicted octanol–water partition coefficient (Wildman–Crippen LogP) is 8.13. The van der Waals surface area contributed by atoms with E-state index in [1.54, 1.807) is 23.5 Å². The zero-order chi connectivity index (χ0) is 21.2. The highest BCUT2D eigenvalue weighted by Gasteiger charge is 2.41. The third-order valence-electron chi connectivity index (χ3n) is 4.30. The molecule has 0 bridgehead atoms. The first-order valence-electron chi connectivity index (χ1n) is 9.57. The molecule has 3 aromatic rings. The van der Waals surface area contributed by atoms with Crippen molar-refractivity contribution in [1.29, 1.82) is 0 Å². The molecule has 0 spiro atoms. The van der Waals surface area contributed by atoms with Gasteiger partial charge < -0.3 is 9.05 Å². The molecule has 2 aromatic carbocycles. The van der Waals surface area contributed by atoms with E-state index in [1.807, 2.05) is 52.0 Å². The van der Waals surface area contributed by atoms with Gasteiger partial charge in [-0.05, 0) is 73.8 Å². The van der Waals surface area contributed by atoms with Crippen molar-refractivity contribution in [2.45, 2.75) is 52.0 Å². The van der Waals surface area contributed by atoms with Gasteiger partial charge in [0.2, 0.25) is 0 Å². The summed E-state index contributed by atoms with van der Waals surface area (Å²) in [5.74, 6) is -0.298. The monoisotopic (exact) mass is 498 g/mol. The molecule has 1 atom stereocenters. The molecule has 0 aliphatic carbocycles. The lowest BCUT2D eigenvalue weighted by Gasteiger charge is -2.30. The van der Waals surface area contributed by atoms with Crippen molar-refractivity contribution in [3.05, 3.63) is 69.3 Å². The van der Waals surface area contributed by atoms with Gasteiger partial charge in [0.05, 0.1) is 12.2 Å². The Labute approximate surface area is 183 Å². The van der Waals surface area contributed by atoms with E-state index in [0.717, 1.165) is 25.0 Å². The first kappa shape index (κ1) is 22.6. The number of hydrogen-bond donors (Lipinski definition) is 0. The molecule has 1 heterocycles. The fourth-order valence-corrected chi connectivity index (χ4v) is 8.37. The van der Waals surface area contributed by atoms with Crippen LogP contribution in [0.3, 0.4) is 0 Å². The molecule has 0 N–H and O–H groups in total. The van der Waals surface area contributed by atoms with Crippen LogP contribution in [-0.4, -0.2) is 12.2 Å². The molecule has 0 unspecified atom stereocenters. The summed E-state index contributed by atoms with van der Waals surface area (Å²) in [6.07, 6.45) is -0.102. The molecule has 29 heavy (non-hydrogen) atoms. The summed E-state index contributed by atoms with van der Waals surface area (Å²) in [4.78, 5) is 0.917. The van der Waals surface area contributed by atoms with Crippen LogP contribution in [0.15, 0.2) is 53.0 Å². The van der Waals surface area contributed by atoms with Crippen molar-refractivity contribution >= 4 is 44.9 Å². The van der Waals surface area contributed by atoms with Crippen molar-refractivity contribution in [1.82, 2.24) is 0 Å². The van der Waals surface area contributed by atoms with Gasteiger partial charge in [0.25, 0.3) is 0 Å². The highest BCUT2D eigenvalue weighted by Crippen LogP contribution is 2.66. The van der Waals surface area contributed by atoms with E-state index in [1.165, 1.54) is 12.1 Å². The Hall–Kier alpha value is -1.04. The summed E-state index contributed by atoms with van der Waals surface area (Å²) in [6.45, 7) is 7.41. The van der Waals surface area contributed by atoms with Gasteiger partial charge in [-0.25, -0.2) is 4.39 Å². The maximum Gasteiger partial charge on any atom is 0.339 e. The Bertz CT molecular complexity index is 1000. The van der Waals surface area contributed by atoms with Crippen molar-refractivity contribution in [3.8, 4) is 0 Å². The summed E-state index contributed by atoms with van der Waals surface area (Å²) in [5.41, 5.74) is 0.366. The minimum absolute atomic E-state index is 0.261. The van der Waals surface area contributed by atoms with E-state index < -0.39 is 13.3 Å². The SMILES string of the molecule is CC(C)OP(=O)(OC(C)C)[C@H](Cc1ccc(F)cc1)c1sc2ccccc2c1Br. The van der Waals surface area contributed by atoms with E-state index in [9.17, 15) is 8.96 Å². The smallest absolute Gasteiger partial charge is 0.305 e. The van der Waals surface area contributed by atoms with E-state index >= 15 is 0 Å². The molecular formula is C22H25BrFO3PS. The van der Waals surface area contributed by atoms with Crippen LogP contribution in [-0.2, 0) is 20.0 Å². The third-order valence-corrected chi connectivity index (χ3v) is 9.51. The molecule has 156 valence electrons. The topological polar surface area (TPSA) is 35.5 Å². The molecule has 0 fully saturated rings. The zero-order valence-corrected chi connectivity index (χ0v) is 20.2. The second kappa shape index (κ2) is 9.40. The normalized spacial score (nSPS) is 13.5. The van der Waals surface area contributed by atoms with Crippen molar-refractivity contribution in [3.63, 3.8) is 0 Å². The Kier molecular flexibility index (Phi) is 7.34. The number of benzene rings is 2. The second-order valence-electron chi connectivity index (χ2n) is 7.47. The maximum atomic E-state index is 14.1. The minimum atomic E-state index is -3.54. The van der Waals surface area contributed by atoms with Crippen LogP contribution in [0.5, 0.6) is 0 Å². The zero-order valence-electron chi connectivity index (χ0n) is 16.9. The molecule has 1 aromatic heterocycles. The number of hydrogen-bond acceptors (Lipinski definition) is 4. The Morgan fingerprint density at radius 3 is 2.14 bits per heavy atom. The van der Waals surface area contributed by atoms with Crippen LogP contribution in [0.1, 0.15) is 43.8 Å². The highest BCUT2D eigenvalue weighted by molar-refractivity contribution is 9.10. The average Bonchev–Trinajstić information content (AvgIpc) is 2.96. The summed E-state index contributed by atoms with van der Waals surface area (Å²) < 4.78 is 41.4. The summed E-state index contributed by atoms with van der Waals surface area (Å²) in [6, 6.07) is 14.3. The molecule has 0 saturated carbocycles. The number of thiophene rings is 1. The minimum Gasteiger partial charge on any atom is -0.305 e. The summed E-state index contributed by atoms with van der Waals surface area (Å²) in [5, 5.41) is 1.07. The van der Waals surface area contributed by atoms with Gasteiger partial charge in [0, 0.05) is 19.4 Å². The van der Waals surface area contributed by atoms with Crippen LogP contribution in [0, 0.1) is 5.82 Å². The maximum absolute atomic E-state index is 14.1. The molecule has 0 saturated heterocycles. The lowest BCUT2D eigenvalue weighted by molar-refractivity contribution is 0.136. The van der Waals surface area contributed by atoms with Crippen LogP contribution in [0.2, 0.25) is 0 Å². The molecule has 0 amide bonds. The van der Waals surface area contributed by atoms with Gasteiger partial charge in [0.15, 0.2) is 0 Å². The average molecular weight is 499 g/mol. The molecule has 0 radical (unpaired) electrons. The lowest BCUT2D eigenvalue weighted by Crippen LogP contribution is -2.15. The number of fused-ring (bicyclic) bond motifs is 1. The van der Waals surface area contributed by atoms with Gasteiger partial charge in [-0.2, -0.15) is 0 Å². The van der Waals surface area contributed by atoms with E-state index in [0.29, 0.717) is 6.42 Å². The van der Waals surface area contributed by atoms with Gasteiger partial charge in [0.1, 0.15) is 11.5 Å². The van der Waals surface area contributed by atoms with Gasteiger partial charge in [-0.3, -0.25) is 4.57 Å². The fourth-order valence-electron chi connectivity index (χ4n) is 3.20.